The van der Waals surface area contributed by atoms with E-state index < -0.39 is 0 Å². The first kappa shape index (κ1) is 12.9. The van der Waals surface area contributed by atoms with Gasteiger partial charge in [0.2, 0.25) is 0 Å². The van der Waals surface area contributed by atoms with Crippen molar-refractivity contribution < 1.29 is 14.2 Å². The molecule has 2 N–H and O–H groups in total. The predicted octanol–water partition coefficient (Wildman–Crippen LogP) is 3.32. The van der Waals surface area contributed by atoms with E-state index >= 15 is 0 Å². The lowest BCUT2D eigenvalue weighted by molar-refractivity contribution is 0.153. The number of fused-ring (bicyclic) bond motifs is 1. The molecule has 0 fully saturated rings. The quantitative estimate of drug-likeness (QED) is 0.882. The first-order chi connectivity index (χ1) is 9.67. The first-order valence-electron chi connectivity index (χ1n) is 6.59. The zero-order valence-corrected chi connectivity index (χ0v) is 11.1. The molecule has 2 atom stereocenters. The fourth-order valence-electron chi connectivity index (χ4n) is 2.64. The van der Waals surface area contributed by atoms with Crippen LogP contribution < -0.4 is 10.1 Å². The van der Waals surface area contributed by atoms with Crippen molar-refractivity contribution >= 4 is 0 Å². The highest BCUT2D eigenvalue weighted by Crippen LogP contribution is 2.41. The lowest BCUT2D eigenvalue weighted by atomic mass is 9.93. The number of phenols is 1. The van der Waals surface area contributed by atoms with Crippen molar-refractivity contribution in [2.75, 3.05) is 7.05 Å². The highest BCUT2D eigenvalue weighted by molar-refractivity contribution is 5.40. The maximum atomic E-state index is 13.4. The molecule has 104 valence electrons. The number of halogens is 1. The van der Waals surface area contributed by atoms with Crippen LogP contribution in [0.4, 0.5) is 4.39 Å². The van der Waals surface area contributed by atoms with E-state index in [1.165, 1.54) is 12.1 Å². The van der Waals surface area contributed by atoms with Gasteiger partial charge in [-0.2, -0.15) is 0 Å². The second kappa shape index (κ2) is 5.13. The zero-order chi connectivity index (χ0) is 14.1. The van der Waals surface area contributed by atoms with Gasteiger partial charge < -0.3 is 15.2 Å². The first-order valence-corrected chi connectivity index (χ1v) is 6.59. The van der Waals surface area contributed by atoms with Gasteiger partial charge in [0, 0.05) is 24.1 Å². The molecule has 0 bridgehead atoms. The Morgan fingerprint density at radius 1 is 1.25 bits per heavy atom. The smallest absolute Gasteiger partial charge is 0.127 e. The largest absolute Gasteiger partial charge is 0.508 e. The number of aromatic hydroxyl groups is 1. The summed E-state index contributed by atoms with van der Waals surface area (Å²) in [7, 11) is 1.88. The number of hydrogen-bond acceptors (Lipinski definition) is 3. The van der Waals surface area contributed by atoms with Gasteiger partial charge in [0.25, 0.3) is 0 Å². The Morgan fingerprint density at radius 3 is 2.85 bits per heavy atom. The Hall–Kier alpha value is -2.07. The maximum Gasteiger partial charge on any atom is 0.127 e. The normalized spacial score (nSPS) is 21.1. The van der Waals surface area contributed by atoms with Crippen LogP contribution in [0, 0.1) is 5.82 Å². The fourth-order valence-corrected chi connectivity index (χ4v) is 2.64. The molecule has 2 aromatic carbocycles. The second-order valence-corrected chi connectivity index (χ2v) is 4.96. The van der Waals surface area contributed by atoms with E-state index in [0.717, 1.165) is 17.5 Å². The van der Waals surface area contributed by atoms with E-state index in [4.69, 9.17) is 4.74 Å². The van der Waals surface area contributed by atoms with Crippen LogP contribution in [0.25, 0.3) is 0 Å². The lowest BCUT2D eigenvalue weighted by Gasteiger charge is -2.32. The summed E-state index contributed by atoms with van der Waals surface area (Å²) in [5.74, 6) is 0.455. The molecule has 4 heteroatoms. The zero-order valence-electron chi connectivity index (χ0n) is 11.1. The van der Waals surface area contributed by atoms with Gasteiger partial charge >= 0.3 is 0 Å². The van der Waals surface area contributed by atoms with Crippen molar-refractivity contribution in [3.63, 3.8) is 0 Å². The molecule has 2 aromatic rings. The summed E-state index contributed by atoms with van der Waals surface area (Å²) in [5.41, 5.74) is 1.85. The molecule has 20 heavy (non-hydrogen) atoms. The van der Waals surface area contributed by atoms with Gasteiger partial charge in [-0.1, -0.05) is 18.2 Å². The van der Waals surface area contributed by atoms with E-state index in [2.05, 4.69) is 5.32 Å². The summed E-state index contributed by atoms with van der Waals surface area (Å²) >= 11 is 0. The highest BCUT2D eigenvalue weighted by Gasteiger charge is 2.28. The number of nitrogens with one attached hydrogen (secondary N) is 1. The summed E-state index contributed by atoms with van der Waals surface area (Å²) in [6.45, 7) is 0. The molecule has 0 amide bonds. The summed E-state index contributed by atoms with van der Waals surface area (Å²) in [6.07, 6.45) is 0.535. The summed E-state index contributed by atoms with van der Waals surface area (Å²) in [6, 6.07) is 11.7. The molecular formula is C16H16FNO2. The topological polar surface area (TPSA) is 41.5 Å². The van der Waals surface area contributed by atoms with Crippen LogP contribution in [0.1, 0.15) is 29.7 Å². The maximum absolute atomic E-state index is 13.4. The van der Waals surface area contributed by atoms with Crippen LogP contribution >= 0.6 is 0 Å². The highest BCUT2D eigenvalue weighted by atomic mass is 19.1. The molecule has 0 saturated carbocycles. The third-order valence-electron chi connectivity index (χ3n) is 3.66. The number of ether oxygens (including phenoxy) is 1. The number of phenolic OH excluding ortho intramolecular Hbond substituents is 1. The molecule has 0 aromatic heterocycles. The second-order valence-electron chi connectivity index (χ2n) is 4.96. The van der Waals surface area contributed by atoms with Crippen molar-refractivity contribution in [1.82, 2.24) is 5.32 Å². The molecule has 1 aliphatic heterocycles. The van der Waals surface area contributed by atoms with E-state index in [1.807, 2.05) is 13.1 Å². The number of benzene rings is 2. The Balaban J connectivity index is 1.97. The SMILES string of the molecule is CNC1CC(c2cccc(O)c2)Oc2cc(F)ccc21. The van der Waals surface area contributed by atoms with E-state index in [0.29, 0.717) is 5.75 Å². The van der Waals surface area contributed by atoms with Crippen LogP contribution in [-0.4, -0.2) is 12.2 Å². The van der Waals surface area contributed by atoms with Gasteiger partial charge in [0.1, 0.15) is 23.4 Å². The Labute approximate surface area is 117 Å². The standard InChI is InChI=1S/C16H16FNO2/c1-18-14-9-15(10-3-2-4-12(19)7-10)20-16-8-11(17)5-6-13(14)16/h2-8,14-15,18-19H,9H2,1H3. The minimum Gasteiger partial charge on any atom is -0.508 e. The molecule has 2 unspecified atom stereocenters. The molecule has 3 rings (SSSR count). The van der Waals surface area contributed by atoms with Gasteiger partial charge in [-0.25, -0.2) is 4.39 Å². The van der Waals surface area contributed by atoms with Crippen LogP contribution in [0.15, 0.2) is 42.5 Å². The van der Waals surface area contributed by atoms with Crippen molar-refractivity contribution in [2.24, 2.45) is 0 Å². The molecular weight excluding hydrogens is 257 g/mol. The van der Waals surface area contributed by atoms with Crippen LogP contribution in [0.2, 0.25) is 0 Å². The van der Waals surface area contributed by atoms with Crippen LogP contribution in [0.5, 0.6) is 11.5 Å². The average Bonchev–Trinajstić information content (AvgIpc) is 2.45. The van der Waals surface area contributed by atoms with Crippen molar-refractivity contribution in [1.29, 1.82) is 0 Å². The number of rotatable bonds is 2. The molecule has 0 aliphatic carbocycles. The third-order valence-corrected chi connectivity index (χ3v) is 3.66. The molecule has 0 spiro atoms. The minimum atomic E-state index is -0.310. The molecule has 0 saturated heterocycles. The third kappa shape index (κ3) is 2.34. The Morgan fingerprint density at radius 2 is 2.10 bits per heavy atom. The van der Waals surface area contributed by atoms with Gasteiger partial charge in [0.15, 0.2) is 0 Å². The molecule has 1 aliphatic rings. The minimum absolute atomic E-state index is 0.103. The summed E-state index contributed by atoms with van der Waals surface area (Å²) < 4.78 is 19.3. The summed E-state index contributed by atoms with van der Waals surface area (Å²) in [4.78, 5) is 0. The van der Waals surface area contributed by atoms with Gasteiger partial charge in [-0.3, -0.25) is 0 Å². The Kier molecular flexibility index (Phi) is 3.32. The van der Waals surface area contributed by atoms with Crippen molar-refractivity contribution in [3.8, 4) is 11.5 Å². The van der Waals surface area contributed by atoms with Gasteiger partial charge in [-0.15, -0.1) is 0 Å². The van der Waals surface area contributed by atoms with Crippen LogP contribution in [0.3, 0.4) is 0 Å². The Bertz CT molecular complexity index is 630. The average molecular weight is 273 g/mol. The lowest BCUT2D eigenvalue weighted by Crippen LogP contribution is -2.26. The summed E-state index contributed by atoms with van der Waals surface area (Å²) in [5, 5.41) is 12.8. The monoisotopic (exact) mass is 273 g/mol. The van der Waals surface area contributed by atoms with E-state index in [1.54, 1.807) is 24.3 Å². The molecule has 0 radical (unpaired) electrons. The predicted molar refractivity (Wildman–Crippen MR) is 74.3 cm³/mol. The van der Waals surface area contributed by atoms with Crippen LogP contribution in [-0.2, 0) is 0 Å². The van der Waals surface area contributed by atoms with Gasteiger partial charge in [-0.05, 0) is 30.8 Å². The fraction of sp³-hybridized carbons (Fsp3) is 0.250. The molecule has 3 nitrogen and oxygen atoms in total. The van der Waals surface area contributed by atoms with Crippen molar-refractivity contribution in [3.05, 3.63) is 59.4 Å². The number of hydrogen-bond donors (Lipinski definition) is 2. The van der Waals surface area contributed by atoms with Crippen molar-refractivity contribution in [2.45, 2.75) is 18.6 Å². The van der Waals surface area contributed by atoms with Gasteiger partial charge in [0.05, 0.1) is 0 Å². The van der Waals surface area contributed by atoms with E-state index in [-0.39, 0.29) is 23.7 Å². The molecule has 1 heterocycles. The van der Waals surface area contributed by atoms with E-state index in [9.17, 15) is 9.50 Å².